The molecule has 2 heteroatoms. The fourth-order valence-electron chi connectivity index (χ4n) is 3.53. The van der Waals surface area contributed by atoms with Gasteiger partial charge in [-0.15, -0.1) is 0 Å². The van der Waals surface area contributed by atoms with E-state index in [1.165, 1.54) is 21.9 Å². The van der Waals surface area contributed by atoms with Gasteiger partial charge in [-0.1, -0.05) is 54.1 Å². The third-order valence-electron chi connectivity index (χ3n) is 4.56. The van der Waals surface area contributed by atoms with Crippen LogP contribution in [0.25, 0.3) is 10.8 Å². The van der Waals surface area contributed by atoms with E-state index in [1.54, 1.807) is 0 Å². The minimum atomic E-state index is -0.596. The Morgan fingerprint density at radius 3 is 2.75 bits per heavy atom. The maximum absolute atomic E-state index is 12.0. The molecular weight excluding hydrogens is 264 g/mol. The summed E-state index contributed by atoms with van der Waals surface area (Å²) in [6, 6.07) is 15.2. The zero-order valence-electron chi connectivity index (χ0n) is 11.4. The summed E-state index contributed by atoms with van der Waals surface area (Å²) >= 11 is 0. The summed E-state index contributed by atoms with van der Waals surface area (Å²) in [7, 11) is -0.596. The van der Waals surface area contributed by atoms with Crippen LogP contribution in [0.2, 0.25) is 0 Å². The van der Waals surface area contributed by atoms with Crippen molar-refractivity contribution < 1.29 is 4.21 Å². The molecule has 20 heavy (non-hydrogen) atoms. The van der Waals surface area contributed by atoms with E-state index in [2.05, 4.69) is 48.5 Å². The summed E-state index contributed by atoms with van der Waals surface area (Å²) in [5, 5.41) is 3.38. The van der Waals surface area contributed by atoms with Crippen LogP contribution in [0.5, 0.6) is 0 Å². The van der Waals surface area contributed by atoms with Crippen molar-refractivity contribution in [3.8, 4) is 0 Å². The van der Waals surface area contributed by atoms with E-state index < -0.39 is 10.8 Å². The Labute approximate surface area is 122 Å². The zero-order chi connectivity index (χ0) is 13.5. The highest BCUT2D eigenvalue weighted by Crippen LogP contribution is 2.35. The molecule has 0 aromatic heterocycles. The first-order chi connectivity index (χ1) is 9.79. The lowest BCUT2D eigenvalue weighted by atomic mass is 9.98. The Balaban J connectivity index is 1.62. The molecule has 2 aliphatic heterocycles. The number of benzene rings is 2. The van der Waals surface area contributed by atoms with Gasteiger partial charge < -0.3 is 0 Å². The van der Waals surface area contributed by atoms with Crippen LogP contribution in [-0.2, 0) is 17.2 Å². The molecular formula is C18H18OS. The second-order valence-corrected chi connectivity index (χ2v) is 7.88. The molecule has 2 heterocycles. The molecule has 1 saturated heterocycles. The molecule has 2 aromatic carbocycles. The number of hydrogen-bond donors (Lipinski definition) is 0. The summed E-state index contributed by atoms with van der Waals surface area (Å²) in [5.41, 5.74) is 2.87. The average Bonchev–Trinajstić information content (AvgIpc) is 2.70. The molecule has 0 amide bonds. The topological polar surface area (TPSA) is 17.1 Å². The maximum Gasteiger partial charge on any atom is 0.0533 e. The van der Waals surface area contributed by atoms with Crippen LogP contribution in [-0.4, -0.2) is 14.7 Å². The predicted molar refractivity (Wildman–Crippen MR) is 85.3 cm³/mol. The van der Waals surface area contributed by atoms with Gasteiger partial charge in [-0.25, -0.2) is 0 Å². The molecule has 2 aromatic rings. The van der Waals surface area contributed by atoms with E-state index in [0.717, 1.165) is 25.7 Å². The van der Waals surface area contributed by atoms with Crippen LogP contribution in [0.4, 0.5) is 0 Å². The van der Waals surface area contributed by atoms with Gasteiger partial charge in [0.05, 0.1) is 5.25 Å². The highest BCUT2D eigenvalue weighted by atomic mass is 32.2. The van der Waals surface area contributed by atoms with Crippen LogP contribution in [0.3, 0.4) is 0 Å². The number of rotatable bonds is 2. The highest BCUT2D eigenvalue weighted by Gasteiger charge is 2.35. The molecule has 2 bridgehead atoms. The zero-order valence-corrected chi connectivity index (χ0v) is 12.2. The Kier molecular flexibility index (Phi) is 2.99. The second-order valence-electron chi connectivity index (χ2n) is 5.95. The van der Waals surface area contributed by atoms with Gasteiger partial charge in [-0.05, 0) is 42.0 Å². The average molecular weight is 282 g/mol. The second kappa shape index (κ2) is 4.85. The van der Waals surface area contributed by atoms with E-state index in [-0.39, 0.29) is 0 Å². The van der Waals surface area contributed by atoms with Crippen molar-refractivity contribution in [1.29, 1.82) is 0 Å². The van der Waals surface area contributed by atoms with Gasteiger partial charge in [-0.3, -0.25) is 4.21 Å². The lowest BCUT2D eigenvalue weighted by molar-refractivity contribution is 0.669. The van der Waals surface area contributed by atoms with E-state index >= 15 is 0 Å². The predicted octanol–water partition coefficient (Wildman–Crippen LogP) is 3.99. The summed E-state index contributed by atoms with van der Waals surface area (Å²) < 4.78 is 12.0. The fourth-order valence-corrected chi connectivity index (χ4v) is 5.47. The van der Waals surface area contributed by atoms with Crippen molar-refractivity contribution in [3.05, 3.63) is 59.7 Å². The van der Waals surface area contributed by atoms with Crippen molar-refractivity contribution in [2.24, 2.45) is 0 Å². The van der Waals surface area contributed by atoms with Gasteiger partial charge >= 0.3 is 0 Å². The van der Waals surface area contributed by atoms with Crippen LogP contribution in [0.15, 0.2) is 54.1 Å². The molecule has 0 saturated carbocycles. The van der Waals surface area contributed by atoms with Crippen LogP contribution in [0.1, 0.15) is 24.8 Å². The first-order valence-electron chi connectivity index (χ1n) is 7.36. The van der Waals surface area contributed by atoms with E-state index in [9.17, 15) is 4.21 Å². The van der Waals surface area contributed by atoms with Crippen LogP contribution < -0.4 is 0 Å². The van der Waals surface area contributed by atoms with Crippen molar-refractivity contribution in [2.45, 2.75) is 36.2 Å². The minimum Gasteiger partial charge on any atom is -0.259 e. The quantitative estimate of drug-likeness (QED) is 0.761. The van der Waals surface area contributed by atoms with Gasteiger partial charge in [0, 0.05) is 16.0 Å². The van der Waals surface area contributed by atoms with Crippen molar-refractivity contribution in [3.63, 3.8) is 0 Å². The van der Waals surface area contributed by atoms with Crippen molar-refractivity contribution in [2.75, 3.05) is 0 Å². The Morgan fingerprint density at radius 2 is 1.90 bits per heavy atom. The third kappa shape index (κ3) is 2.12. The Hall–Kier alpha value is -1.41. The molecule has 2 aliphatic rings. The first kappa shape index (κ1) is 12.3. The highest BCUT2D eigenvalue weighted by molar-refractivity contribution is 7.86. The summed E-state index contributed by atoms with van der Waals surface area (Å²) in [4.78, 5) is 0. The lowest BCUT2D eigenvalue weighted by Crippen LogP contribution is -2.20. The monoisotopic (exact) mass is 282 g/mol. The molecule has 3 unspecified atom stereocenters. The van der Waals surface area contributed by atoms with Crippen molar-refractivity contribution in [1.82, 2.24) is 0 Å². The summed E-state index contributed by atoms with van der Waals surface area (Å²) in [6.07, 6.45) is 6.63. The molecule has 0 aliphatic carbocycles. The van der Waals surface area contributed by atoms with Gasteiger partial charge in [-0.2, -0.15) is 0 Å². The molecule has 1 fully saturated rings. The molecule has 0 N–H and O–H groups in total. The fraction of sp³-hybridized carbons (Fsp3) is 0.333. The van der Waals surface area contributed by atoms with Gasteiger partial charge in [0.25, 0.3) is 0 Å². The van der Waals surface area contributed by atoms with E-state index in [0.29, 0.717) is 10.5 Å². The van der Waals surface area contributed by atoms with E-state index in [1.807, 2.05) is 0 Å². The molecule has 4 rings (SSSR count). The molecule has 0 spiro atoms. The number of hydrogen-bond acceptors (Lipinski definition) is 1. The third-order valence-corrected chi connectivity index (χ3v) is 6.58. The number of allylic oxidation sites excluding steroid dienone is 1. The Morgan fingerprint density at radius 1 is 1.05 bits per heavy atom. The minimum absolute atomic E-state index is 0.337. The standard InChI is InChI=1S/C18H18OS/c19-20-17-7-8-18(20)12-14(11-17)9-13-5-6-15-3-1-2-4-16(15)10-13/h1-6,10-11,17-18H,7-9,12H2. The van der Waals surface area contributed by atoms with Gasteiger partial charge in [0.2, 0.25) is 0 Å². The normalized spacial score (nSPS) is 28.6. The largest absolute Gasteiger partial charge is 0.259 e. The smallest absolute Gasteiger partial charge is 0.0533 e. The SMILES string of the molecule is O=S1C2C=C(Cc3ccc4ccccc4c3)CC1CC2. The van der Waals surface area contributed by atoms with Gasteiger partial charge in [0.1, 0.15) is 0 Å². The first-order valence-corrected chi connectivity index (χ1v) is 8.64. The van der Waals surface area contributed by atoms with Gasteiger partial charge in [0.15, 0.2) is 0 Å². The molecule has 0 radical (unpaired) electrons. The molecule has 1 nitrogen and oxygen atoms in total. The van der Waals surface area contributed by atoms with Crippen LogP contribution in [0, 0.1) is 0 Å². The van der Waals surface area contributed by atoms with E-state index in [4.69, 9.17) is 0 Å². The van der Waals surface area contributed by atoms with Crippen LogP contribution >= 0.6 is 0 Å². The maximum atomic E-state index is 12.0. The summed E-state index contributed by atoms with van der Waals surface area (Å²) in [5.74, 6) is 0. The molecule has 3 atom stereocenters. The lowest BCUT2D eigenvalue weighted by Gasteiger charge is -2.19. The number of fused-ring (bicyclic) bond motifs is 3. The van der Waals surface area contributed by atoms with Crippen molar-refractivity contribution >= 4 is 21.6 Å². The molecule has 102 valence electrons. The summed E-state index contributed by atoms with van der Waals surface area (Å²) in [6.45, 7) is 0. The Bertz CT molecular complexity index is 716.